The lowest BCUT2D eigenvalue weighted by Gasteiger charge is -2.34. The summed E-state index contributed by atoms with van der Waals surface area (Å²) in [4.78, 5) is 33.2. The van der Waals surface area contributed by atoms with Crippen molar-refractivity contribution in [2.24, 2.45) is 0 Å². The molecular formula is C27H28ClN5O6S. The molecule has 2 N–H and O–H groups in total. The van der Waals surface area contributed by atoms with Crippen molar-refractivity contribution in [3.8, 4) is 11.6 Å². The van der Waals surface area contributed by atoms with Gasteiger partial charge in [0.25, 0.3) is 21.8 Å². The number of sulfonamides is 1. The van der Waals surface area contributed by atoms with Crippen LogP contribution in [-0.2, 0) is 25.0 Å². The summed E-state index contributed by atoms with van der Waals surface area (Å²) in [6.45, 7) is 4.13. The fraction of sp³-hybridized carbons (Fsp3) is 0.296. The average Bonchev–Trinajstić information content (AvgIpc) is 3.22. The molecule has 2 aliphatic rings. The van der Waals surface area contributed by atoms with Crippen molar-refractivity contribution in [2.45, 2.75) is 17.2 Å². The van der Waals surface area contributed by atoms with E-state index in [4.69, 9.17) is 21.1 Å². The summed E-state index contributed by atoms with van der Waals surface area (Å²) in [5, 5.41) is 5.10. The van der Waals surface area contributed by atoms with Crippen molar-refractivity contribution in [3.63, 3.8) is 0 Å². The Kier molecular flexibility index (Phi) is 7.69. The van der Waals surface area contributed by atoms with E-state index in [1.165, 1.54) is 55.8 Å². The second kappa shape index (κ2) is 11.0. The normalized spacial score (nSPS) is 19.3. The number of aromatic nitrogens is 1. The van der Waals surface area contributed by atoms with E-state index < -0.39 is 27.3 Å². The number of hydrogen-bond donors (Lipinski definition) is 2. The second-order valence-corrected chi connectivity index (χ2v) is 11.3. The van der Waals surface area contributed by atoms with Gasteiger partial charge in [0.1, 0.15) is 10.6 Å². The smallest absolute Gasteiger partial charge is 0.274 e. The number of amides is 2. The zero-order valence-electron chi connectivity index (χ0n) is 21.9. The number of nitrogens with one attached hydrogen (secondary N) is 2. The number of para-hydroxylation sites is 1. The first-order chi connectivity index (χ1) is 19.3. The number of pyridine rings is 1. The van der Waals surface area contributed by atoms with Crippen LogP contribution >= 0.6 is 11.6 Å². The van der Waals surface area contributed by atoms with Crippen molar-refractivity contribution in [3.05, 3.63) is 76.9 Å². The van der Waals surface area contributed by atoms with Crippen molar-refractivity contribution in [1.82, 2.24) is 20.7 Å². The minimum absolute atomic E-state index is 0.0120. The number of nitrogens with zero attached hydrogens (tertiary/aromatic N) is 3. The predicted octanol–water partition coefficient (Wildman–Crippen LogP) is 2.10. The molecule has 0 radical (unpaired) electrons. The summed E-state index contributed by atoms with van der Waals surface area (Å²) in [5.74, 6) is -1.70. The zero-order chi connectivity index (χ0) is 28.5. The van der Waals surface area contributed by atoms with E-state index in [0.717, 1.165) is 0 Å². The third-order valence-electron chi connectivity index (χ3n) is 6.85. The molecular weight excluding hydrogens is 558 g/mol. The first-order valence-corrected chi connectivity index (χ1v) is 14.5. The number of anilines is 1. The lowest BCUT2D eigenvalue weighted by Crippen LogP contribution is -2.60. The van der Waals surface area contributed by atoms with Crippen LogP contribution in [-0.4, -0.2) is 70.1 Å². The Bertz CT molecular complexity index is 1560. The lowest BCUT2D eigenvalue weighted by molar-refractivity contribution is -0.136. The Morgan fingerprint density at radius 3 is 2.60 bits per heavy atom. The number of carbonyl (C=O) groups is 2. The lowest BCUT2D eigenvalue weighted by atomic mass is 9.75. The molecule has 0 saturated carbocycles. The minimum Gasteiger partial charge on any atom is -0.495 e. The molecule has 1 aromatic heterocycles. The fourth-order valence-electron chi connectivity index (χ4n) is 5.07. The Morgan fingerprint density at radius 2 is 1.88 bits per heavy atom. The maximum atomic E-state index is 14.7. The van der Waals surface area contributed by atoms with E-state index in [1.807, 2.05) is 0 Å². The van der Waals surface area contributed by atoms with E-state index in [9.17, 15) is 18.0 Å². The number of hydrazine groups is 1. The van der Waals surface area contributed by atoms with Gasteiger partial charge in [0.05, 0.1) is 19.4 Å². The molecule has 0 spiro atoms. The summed E-state index contributed by atoms with van der Waals surface area (Å²) in [6.07, 6.45) is 1.47. The molecule has 0 bridgehead atoms. The summed E-state index contributed by atoms with van der Waals surface area (Å²) < 4.78 is 40.1. The highest BCUT2D eigenvalue weighted by Gasteiger charge is 2.62. The highest BCUT2D eigenvalue weighted by Crippen LogP contribution is 2.51. The summed E-state index contributed by atoms with van der Waals surface area (Å²) in [7, 11) is -3.24. The molecule has 3 heterocycles. The molecule has 2 aromatic carbocycles. The van der Waals surface area contributed by atoms with Gasteiger partial charge < -0.3 is 14.8 Å². The topological polar surface area (TPSA) is 130 Å². The van der Waals surface area contributed by atoms with E-state index in [-0.39, 0.29) is 45.0 Å². The number of hydrogen-bond acceptors (Lipinski definition) is 9. The van der Waals surface area contributed by atoms with Crippen LogP contribution in [0.25, 0.3) is 0 Å². The number of carbonyl (C=O) groups excluding carboxylic acids is 2. The molecule has 11 nitrogen and oxygen atoms in total. The molecule has 1 unspecified atom stereocenters. The standard InChI is InChI=1S/C27H28ClN5O6S/c1-3-39-24-19(7-6-12-30-24)27(25(34)31-32-15-13-29-14-16-32)20-17-18(28)10-11-21(20)33(26(27)35)40(36,37)23-9-5-4-8-22(23)38-2/h4-12,17,29H,3,13-16H2,1-2H3,(H,31,34). The first kappa shape index (κ1) is 27.8. The van der Waals surface area contributed by atoms with Gasteiger partial charge in [0, 0.05) is 48.5 Å². The van der Waals surface area contributed by atoms with Gasteiger partial charge >= 0.3 is 0 Å². The highest BCUT2D eigenvalue weighted by molar-refractivity contribution is 7.93. The van der Waals surface area contributed by atoms with Crippen molar-refractivity contribution < 1.29 is 27.5 Å². The maximum absolute atomic E-state index is 14.7. The van der Waals surface area contributed by atoms with Gasteiger partial charge in [-0.05, 0) is 43.3 Å². The van der Waals surface area contributed by atoms with E-state index in [1.54, 1.807) is 24.1 Å². The van der Waals surface area contributed by atoms with Crippen molar-refractivity contribution in [1.29, 1.82) is 0 Å². The fourth-order valence-corrected chi connectivity index (χ4v) is 6.86. The number of rotatable bonds is 8. The minimum atomic E-state index is -4.58. The second-order valence-electron chi connectivity index (χ2n) is 9.10. The van der Waals surface area contributed by atoms with Crippen molar-refractivity contribution >= 4 is 39.1 Å². The van der Waals surface area contributed by atoms with E-state index in [0.29, 0.717) is 30.5 Å². The third-order valence-corrected chi connectivity index (χ3v) is 8.82. The zero-order valence-corrected chi connectivity index (χ0v) is 23.5. The third kappa shape index (κ3) is 4.46. The molecule has 5 rings (SSSR count). The first-order valence-electron chi connectivity index (χ1n) is 12.6. The molecule has 0 aliphatic carbocycles. The average molecular weight is 586 g/mol. The summed E-state index contributed by atoms with van der Waals surface area (Å²) >= 11 is 6.41. The Labute approximate surface area is 237 Å². The van der Waals surface area contributed by atoms with Gasteiger partial charge in [-0.15, -0.1) is 0 Å². The Balaban J connectivity index is 1.79. The van der Waals surface area contributed by atoms with Crippen LogP contribution in [0.15, 0.2) is 65.7 Å². The highest BCUT2D eigenvalue weighted by atomic mass is 35.5. The molecule has 2 amide bonds. The number of ether oxygens (including phenoxy) is 2. The summed E-state index contributed by atoms with van der Waals surface area (Å²) in [5.41, 5.74) is 0.829. The number of benzene rings is 2. The van der Waals surface area contributed by atoms with Gasteiger partial charge in [-0.3, -0.25) is 15.0 Å². The number of fused-ring (bicyclic) bond motifs is 1. The quantitative estimate of drug-likeness (QED) is 0.382. The van der Waals surface area contributed by atoms with Crippen LogP contribution in [0.3, 0.4) is 0 Å². The van der Waals surface area contributed by atoms with Crippen molar-refractivity contribution in [2.75, 3.05) is 44.2 Å². The largest absolute Gasteiger partial charge is 0.495 e. The monoisotopic (exact) mass is 585 g/mol. The molecule has 1 fully saturated rings. The van der Waals surface area contributed by atoms with E-state index >= 15 is 0 Å². The van der Waals surface area contributed by atoms with Gasteiger partial charge in [-0.2, -0.15) is 0 Å². The van der Waals surface area contributed by atoms with Crippen LogP contribution in [0.4, 0.5) is 5.69 Å². The number of halogens is 1. The molecule has 3 aromatic rings. The predicted molar refractivity (Wildman–Crippen MR) is 148 cm³/mol. The Morgan fingerprint density at radius 1 is 1.12 bits per heavy atom. The maximum Gasteiger partial charge on any atom is 0.274 e. The number of methoxy groups -OCH3 is 1. The van der Waals surface area contributed by atoms with Crippen LogP contribution in [0.1, 0.15) is 18.1 Å². The van der Waals surface area contributed by atoms with Gasteiger partial charge in [0.2, 0.25) is 5.88 Å². The van der Waals surface area contributed by atoms with Crippen LogP contribution in [0.2, 0.25) is 5.02 Å². The molecule has 2 aliphatic heterocycles. The number of piperazine rings is 1. The van der Waals surface area contributed by atoms with Gasteiger partial charge in [-0.1, -0.05) is 29.8 Å². The molecule has 1 atom stereocenters. The Hall–Kier alpha value is -3.71. The van der Waals surface area contributed by atoms with Gasteiger partial charge in [-0.25, -0.2) is 22.7 Å². The summed E-state index contributed by atoms with van der Waals surface area (Å²) in [6, 6.07) is 13.4. The van der Waals surface area contributed by atoms with Crippen LogP contribution < -0.4 is 24.5 Å². The SMILES string of the molecule is CCOc1ncccc1C1(C(=O)NN2CCNCC2)C(=O)N(S(=O)(=O)c2ccccc2OC)c2ccc(Cl)cc21. The van der Waals surface area contributed by atoms with E-state index in [2.05, 4.69) is 15.7 Å². The molecule has 13 heteroatoms. The molecule has 40 heavy (non-hydrogen) atoms. The molecule has 210 valence electrons. The van der Waals surface area contributed by atoms with Crippen LogP contribution in [0, 0.1) is 0 Å². The van der Waals surface area contributed by atoms with Gasteiger partial charge in [0.15, 0.2) is 5.41 Å². The van der Waals surface area contributed by atoms with Crippen LogP contribution in [0.5, 0.6) is 11.6 Å². The molecule has 1 saturated heterocycles.